The smallest absolute Gasteiger partial charge is 0.266 e. The summed E-state index contributed by atoms with van der Waals surface area (Å²) in [4.78, 5) is 42.1. The second-order valence-corrected chi connectivity index (χ2v) is 8.83. The molecule has 4 rings (SSSR count). The lowest BCUT2D eigenvalue weighted by molar-refractivity contribution is -0.114. The average Bonchev–Trinajstić information content (AvgIpc) is 2.78. The van der Waals surface area contributed by atoms with Gasteiger partial charge in [-0.25, -0.2) is 4.98 Å². The number of Topliss-reactive ketones (excluding diaryl/α,β-unsaturated/α-hetero) is 1. The number of para-hydroxylation sites is 1. The van der Waals surface area contributed by atoms with Crippen molar-refractivity contribution in [2.45, 2.75) is 19.0 Å². The second-order valence-electron chi connectivity index (χ2n) is 7.45. The van der Waals surface area contributed by atoms with E-state index in [-0.39, 0.29) is 23.0 Å². The summed E-state index contributed by atoms with van der Waals surface area (Å²) in [5.41, 5.74) is 3.00. The van der Waals surface area contributed by atoms with E-state index in [1.54, 1.807) is 47.0 Å². The van der Waals surface area contributed by atoms with Crippen LogP contribution in [0.3, 0.4) is 0 Å². The van der Waals surface area contributed by atoms with Crippen molar-refractivity contribution in [2.75, 3.05) is 11.1 Å². The van der Waals surface area contributed by atoms with Gasteiger partial charge in [-0.2, -0.15) is 0 Å². The van der Waals surface area contributed by atoms with E-state index >= 15 is 0 Å². The summed E-state index contributed by atoms with van der Waals surface area (Å²) >= 11 is 7.31. The summed E-state index contributed by atoms with van der Waals surface area (Å²) in [7, 11) is 0. The lowest BCUT2D eigenvalue weighted by atomic mass is 10.1. The van der Waals surface area contributed by atoms with E-state index in [0.717, 1.165) is 5.56 Å². The Labute approximate surface area is 199 Å². The maximum absolute atomic E-state index is 13.4. The Hall–Kier alpha value is -3.42. The Balaban J connectivity index is 1.70. The molecule has 0 spiro atoms. The Morgan fingerprint density at radius 1 is 1.06 bits per heavy atom. The number of carbonyl (C=O) groups is 2. The van der Waals surface area contributed by atoms with Crippen LogP contribution < -0.4 is 10.9 Å². The number of aromatic nitrogens is 2. The molecule has 1 amide bonds. The molecule has 1 aromatic heterocycles. The van der Waals surface area contributed by atoms with Gasteiger partial charge in [-0.15, -0.1) is 0 Å². The van der Waals surface area contributed by atoms with Crippen LogP contribution in [-0.4, -0.2) is 27.0 Å². The highest BCUT2D eigenvalue weighted by atomic mass is 35.5. The SMILES string of the molecule is CC(=O)Nc1ccc(C(=O)CSc2nc3cc(Cl)ccc3c(=O)n2-c2ccccc2C)cc1. The van der Waals surface area contributed by atoms with Crippen LogP contribution in [0, 0.1) is 6.92 Å². The second kappa shape index (κ2) is 9.60. The minimum Gasteiger partial charge on any atom is -0.326 e. The molecule has 0 aliphatic carbocycles. The highest BCUT2D eigenvalue weighted by Gasteiger charge is 2.17. The topological polar surface area (TPSA) is 81.1 Å². The van der Waals surface area contributed by atoms with Gasteiger partial charge >= 0.3 is 0 Å². The normalized spacial score (nSPS) is 10.9. The minimum atomic E-state index is -0.222. The molecule has 0 unspecified atom stereocenters. The zero-order valence-corrected chi connectivity index (χ0v) is 19.5. The lowest BCUT2D eigenvalue weighted by Gasteiger charge is -2.15. The van der Waals surface area contributed by atoms with E-state index in [1.165, 1.54) is 18.7 Å². The van der Waals surface area contributed by atoms with E-state index in [1.807, 2.05) is 31.2 Å². The van der Waals surface area contributed by atoms with Gasteiger partial charge in [0.1, 0.15) is 0 Å². The number of nitrogens with one attached hydrogen (secondary N) is 1. The molecule has 0 saturated heterocycles. The van der Waals surface area contributed by atoms with Crippen LogP contribution in [0.2, 0.25) is 5.02 Å². The monoisotopic (exact) mass is 477 g/mol. The van der Waals surface area contributed by atoms with Crippen molar-refractivity contribution in [3.05, 3.63) is 93.2 Å². The van der Waals surface area contributed by atoms with E-state index in [2.05, 4.69) is 10.3 Å². The van der Waals surface area contributed by atoms with E-state index < -0.39 is 0 Å². The number of rotatable bonds is 6. The Morgan fingerprint density at radius 3 is 2.48 bits per heavy atom. The predicted octanol–water partition coefficient (Wildman–Crippen LogP) is 5.28. The van der Waals surface area contributed by atoms with Crippen molar-refractivity contribution < 1.29 is 9.59 Å². The lowest BCUT2D eigenvalue weighted by Crippen LogP contribution is -2.23. The van der Waals surface area contributed by atoms with Gasteiger partial charge in [0.2, 0.25) is 5.91 Å². The number of thioether (sulfide) groups is 1. The number of hydrogen-bond donors (Lipinski definition) is 1. The number of hydrogen-bond acceptors (Lipinski definition) is 5. The molecule has 1 N–H and O–H groups in total. The molecule has 6 nitrogen and oxygen atoms in total. The molecule has 3 aromatic carbocycles. The van der Waals surface area contributed by atoms with Gasteiger partial charge in [-0.3, -0.25) is 19.0 Å². The van der Waals surface area contributed by atoms with Crippen molar-refractivity contribution in [1.29, 1.82) is 0 Å². The fraction of sp³-hybridized carbons (Fsp3) is 0.120. The number of halogens is 1. The van der Waals surface area contributed by atoms with Gasteiger partial charge in [0.25, 0.3) is 5.56 Å². The van der Waals surface area contributed by atoms with Crippen molar-refractivity contribution in [2.24, 2.45) is 0 Å². The van der Waals surface area contributed by atoms with Crippen LogP contribution in [0.25, 0.3) is 16.6 Å². The van der Waals surface area contributed by atoms with Gasteiger partial charge in [0.15, 0.2) is 10.9 Å². The molecule has 4 aromatic rings. The molecule has 0 atom stereocenters. The van der Waals surface area contributed by atoms with Crippen molar-refractivity contribution in [3.8, 4) is 5.69 Å². The number of anilines is 1. The number of amides is 1. The van der Waals surface area contributed by atoms with E-state index in [9.17, 15) is 14.4 Å². The molecular formula is C25H20ClN3O3S. The zero-order chi connectivity index (χ0) is 23.5. The molecule has 0 aliphatic rings. The number of fused-ring (bicyclic) bond motifs is 1. The van der Waals surface area contributed by atoms with Crippen LogP contribution in [0.1, 0.15) is 22.8 Å². The Bertz CT molecular complexity index is 1430. The molecule has 166 valence electrons. The molecule has 0 fully saturated rings. The first kappa shape index (κ1) is 22.8. The van der Waals surface area contributed by atoms with Crippen molar-refractivity contribution in [3.63, 3.8) is 0 Å². The van der Waals surface area contributed by atoms with Gasteiger partial charge in [-0.1, -0.05) is 41.6 Å². The number of nitrogens with zero attached hydrogens (tertiary/aromatic N) is 2. The first-order valence-corrected chi connectivity index (χ1v) is 11.5. The molecule has 0 bridgehead atoms. The fourth-order valence-electron chi connectivity index (χ4n) is 3.42. The molecule has 1 heterocycles. The molecule has 0 aliphatic heterocycles. The molecule has 0 saturated carbocycles. The van der Waals surface area contributed by atoms with Gasteiger partial charge < -0.3 is 5.32 Å². The summed E-state index contributed by atoms with van der Waals surface area (Å²) in [5.74, 6) is -0.211. The number of aryl methyl sites for hydroxylation is 1. The Kier molecular flexibility index (Phi) is 6.62. The number of benzene rings is 3. The molecular weight excluding hydrogens is 458 g/mol. The fourth-order valence-corrected chi connectivity index (χ4v) is 4.48. The molecule has 33 heavy (non-hydrogen) atoms. The van der Waals surface area contributed by atoms with Gasteiger partial charge in [0.05, 0.1) is 22.3 Å². The quantitative estimate of drug-likeness (QED) is 0.232. The number of ketones is 1. The maximum atomic E-state index is 13.4. The summed E-state index contributed by atoms with van der Waals surface area (Å²) in [6, 6.07) is 19.2. The third-order valence-electron chi connectivity index (χ3n) is 5.02. The summed E-state index contributed by atoms with van der Waals surface area (Å²) in [6.45, 7) is 3.34. The molecule has 0 radical (unpaired) electrons. The third-order valence-corrected chi connectivity index (χ3v) is 6.19. The summed E-state index contributed by atoms with van der Waals surface area (Å²) < 4.78 is 1.55. The minimum absolute atomic E-state index is 0.0872. The Morgan fingerprint density at radius 2 is 1.79 bits per heavy atom. The predicted molar refractivity (Wildman–Crippen MR) is 133 cm³/mol. The van der Waals surface area contributed by atoms with Crippen LogP contribution in [0.4, 0.5) is 5.69 Å². The van der Waals surface area contributed by atoms with Crippen LogP contribution in [0.15, 0.2) is 76.7 Å². The highest BCUT2D eigenvalue weighted by Crippen LogP contribution is 2.25. The van der Waals surface area contributed by atoms with E-state index in [0.29, 0.717) is 38.0 Å². The zero-order valence-electron chi connectivity index (χ0n) is 18.0. The summed E-state index contributed by atoms with van der Waals surface area (Å²) in [5, 5.41) is 4.01. The third kappa shape index (κ3) is 4.99. The average molecular weight is 478 g/mol. The standard InChI is InChI=1S/C25H20ClN3O3S/c1-15-5-3-4-6-22(15)29-24(32)20-12-9-18(26)13-21(20)28-25(29)33-14-23(31)17-7-10-19(11-8-17)27-16(2)30/h3-13H,14H2,1-2H3,(H,27,30). The highest BCUT2D eigenvalue weighted by molar-refractivity contribution is 7.99. The van der Waals surface area contributed by atoms with Crippen molar-refractivity contribution in [1.82, 2.24) is 9.55 Å². The first-order valence-electron chi connectivity index (χ1n) is 10.2. The van der Waals surface area contributed by atoms with E-state index in [4.69, 9.17) is 11.6 Å². The molecule has 8 heteroatoms. The van der Waals surface area contributed by atoms with Crippen LogP contribution in [0.5, 0.6) is 0 Å². The maximum Gasteiger partial charge on any atom is 0.266 e. The van der Waals surface area contributed by atoms with Crippen LogP contribution >= 0.6 is 23.4 Å². The largest absolute Gasteiger partial charge is 0.326 e. The van der Waals surface area contributed by atoms with Gasteiger partial charge in [0, 0.05) is 23.2 Å². The van der Waals surface area contributed by atoms with Crippen LogP contribution in [-0.2, 0) is 4.79 Å². The van der Waals surface area contributed by atoms with Gasteiger partial charge in [-0.05, 0) is 61.0 Å². The summed E-state index contributed by atoms with van der Waals surface area (Å²) in [6.07, 6.45) is 0. The number of carbonyl (C=O) groups excluding carboxylic acids is 2. The van der Waals surface area contributed by atoms with Crippen molar-refractivity contribution >= 4 is 51.6 Å². The first-order chi connectivity index (χ1) is 15.8.